The highest BCUT2D eigenvalue weighted by atomic mass is 16.7. The summed E-state index contributed by atoms with van der Waals surface area (Å²) < 4.78 is 10.6. The van der Waals surface area contributed by atoms with Gasteiger partial charge >= 0.3 is 0 Å². The van der Waals surface area contributed by atoms with Gasteiger partial charge in [-0.25, -0.2) is 0 Å². The summed E-state index contributed by atoms with van der Waals surface area (Å²) in [4.78, 5) is 0. The van der Waals surface area contributed by atoms with Crippen molar-refractivity contribution in [3.63, 3.8) is 0 Å². The van der Waals surface area contributed by atoms with Crippen LogP contribution in [0.25, 0.3) is 0 Å². The van der Waals surface area contributed by atoms with Gasteiger partial charge in [-0.05, 0) is 6.92 Å². The molecule has 2 heterocycles. The van der Waals surface area contributed by atoms with Gasteiger partial charge in [0, 0.05) is 0 Å². The minimum Gasteiger partial charge on any atom is -0.395 e. The normalized spacial score (nSPS) is 51.7. The van der Waals surface area contributed by atoms with Crippen LogP contribution in [0.15, 0.2) is 0 Å². The van der Waals surface area contributed by atoms with Gasteiger partial charge in [-0.1, -0.05) is 0 Å². The van der Waals surface area contributed by atoms with Crippen molar-refractivity contribution in [1.29, 1.82) is 0 Å². The first-order valence-corrected chi connectivity index (χ1v) is 7.50. The van der Waals surface area contributed by atoms with Crippen LogP contribution >= 0.6 is 0 Å². The van der Waals surface area contributed by atoms with Crippen LogP contribution in [0.3, 0.4) is 0 Å². The average molecular weight is 339 g/mol. The lowest BCUT2D eigenvalue weighted by Crippen LogP contribution is -2.67. The van der Waals surface area contributed by atoms with Crippen LogP contribution in [0, 0.1) is 0 Å². The fourth-order valence-electron chi connectivity index (χ4n) is 2.81. The van der Waals surface area contributed by atoms with Crippen molar-refractivity contribution in [2.24, 2.45) is 0 Å². The Bertz CT molecular complexity index is 384. The van der Waals surface area contributed by atoms with Gasteiger partial charge in [-0.15, -0.1) is 0 Å². The molecule has 2 aliphatic rings. The molecule has 0 aliphatic carbocycles. The molecule has 2 saturated heterocycles. The molecule has 23 heavy (non-hydrogen) atoms. The van der Waals surface area contributed by atoms with Gasteiger partial charge < -0.3 is 50.5 Å². The number of aliphatic hydroxyl groups excluding tert-OH is 7. The van der Waals surface area contributed by atoms with Crippen molar-refractivity contribution >= 4 is 0 Å². The van der Waals surface area contributed by atoms with Crippen molar-refractivity contribution < 1.29 is 45.2 Å². The Morgan fingerprint density at radius 3 is 2.00 bits per heavy atom. The van der Waals surface area contributed by atoms with E-state index in [-0.39, 0.29) is 6.61 Å². The molecule has 2 rings (SSSR count). The van der Waals surface area contributed by atoms with E-state index in [2.05, 4.69) is 5.32 Å². The molecule has 0 aromatic heterocycles. The lowest BCUT2D eigenvalue weighted by atomic mass is 9.91. The Morgan fingerprint density at radius 1 is 0.826 bits per heavy atom. The number of piperidine rings is 1. The first-order valence-electron chi connectivity index (χ1n) is 7.50. The summed E-state index contributed by atoms with van der Waals surface area (Å²) in [7, 11) is 0. The van der Waals surface area contributed by atoms with Gasteiger partial charge in [0.15, 0.2) is 6.29 Å². The summed E-state index contributed by atoms with van der Waals surface area (Å²) in [6, 6.07) is -1.67. The summed E-state index contributed by atoms with van der Waals surface area (Å²) in [6.45, 7) is 0.830. The minimum atomic E-state index is -1.48. The number of rotatable bonds is 4. The molecule has 136 valence electrons. The topological polar surface area (TPSA) is 172 Å². The maximum absolute atomic E-state index is 9.94. The van der Waals surface area contributed by atoms with Crippen LogP contribution in [-0.4, -0.2) is 110 Å². The SMILES string of the molecule is C[C@H]1O[C@@H](OC[C@H]2N[C@H](CO)[C@@H](O)[C@H](O)[C@H]2O)[C@H](O)[C@@H](O)[C@H]1O. The molecule has 0 radical (unpaired) electrons. The van der Waals surface area contributed by atoms with Crippen LogP contribution in [0.1, 0.15) is 6.92 Å². The highest BCUT2D eigenvalue weighted by Crippen LogP contribution is 2.23. The summed E-state index contributed by atoms with van der Waals surface area (Å²) in [6.07, 6.45) is -10.3. The molecule has 0 saturated carbocycles. The monoisotopic (exact) mass is 339 g/mol. The van der Waals surface area contributed by atoms with Crippen LogP contribution in [0.4, 0.5) is 0 Å². The second-order valence-electron chi connectivity index (χ2n) is 6.05. The molecule has 10 atom stereocenters. The summed E-state index contributed by atoms with van der Waals surface area (Å²) in [5, 5.41) is 70.4. The maximum Gasteiger partial charge on any atom is 0.186 e. The average Bonchev–Trinajstić information content (AvgIpc) is 2.54. The predicted molar refractivity (Wildman–Crippen MR) is 74.1 cm³/mol. The van der Waals surface area contributed by atoms with E-state index in [1.807, 2.05) is 0 Å². The minimum absolute atomic E-state index is 0.224. The van der Waals surface area contributed by atoms with Crippen molar-refractivity contribution in [3.8, 4) is 0 Å². The Balaban J connectivity index is 1.94. The number of aliphatic hydroxyl groups is 7. The second-order valence-corrected chi connectivity index (χ2v) is 6.05. The molecular weight excluding hydrogens is 314 g/mol. The van der Waals surface area contributed by atoms with Crippen molar-refractivity contribution in [1.82, 2.24) is 5.32 Å². The Kier molecular flexibility index (Phi) is 6.30. The summed E-state index contributed by atoms with van der Waals surface area (Å²) in [5.41, 5.74) is 0. The van der Waals surface area contributed by atoms with E-state index in [1.54, 1.807) is 0 Å². The van der Waals surface area contributed by atoms with Crippen LogP contribution in [-0.2, 0) is 9.47 Å². The quantitative estimate of drug-likeness (QED) is 0.248. The van der Waals surface area contributed by atoms with E-state index in [4.69, 9.17) is 14.6 Å². The van der Waals surface area contributed by atoms with Gasteiger partial charge in [0.2, 0.25) is 0 Å². The van der Waals surface area contributed by atoms with Crippen LogP contribution in [0.2, 0.25) is 0 Å². The zero-order valence-electron chi connectivity index (χ0n) is 12.6. The second kappa shape index (κ2) is 7.66. The van der Waals surface area contributed by atoms with E-state index in [1.165, 1.54) is 6.92 Å². The van der Waals surface area contributed by atoms with Gasteiger partial charge in [0.1, 0.15) is 24.4 Å². The fourth-order valence-corrected chi connectivity index (χ4v) is 2.81. The summed E-state index contributed by atoms with van der Waals surface area (Å²) >= 11 is 0. The van der Waals surface area contributed by atoms with Crippen LogP contribution in [0.5, 0.6) is 0 Å². The van der Waals surface area contributed by atoms with Crippen molar-refractivity contribution in [2.45, 2.75) is 68.0 Å². The van der Waals surface area contributed by atoms with Gasteiger partial charge in [-0.2, -0.15) is 0 Å². The molecule has 0 bridgehead atoms. The molecule has 0 aromatic carbocycles. The number of hydrogen-bond donors (Lipinski definition) is 8. The van der Waals surface area contributed by atoms with Crippen molar-refractivity contribution in [3.05, 3.63) is 0 Å². The highest BCUT2D eigenvalue weighted by molar-refractivity contribution is 4.98. The third kappa shape index (κ3) is 3.82. The first kappa shape index (κ1) is 18.9. The van der Waals surface area contributed by atoms with E-state index in [9.17, 15) is 30.6 Å². The first-order chi connectivity index (χ1) is 10.8. The van der Waals surface area contributed by atoms with E-state index < -0.39 is 67.7 Å². The van der Waals surface area contributed by atoms with Gasteiger partial charge in [0.05, 0.1) is 43.6 Å². The lowest BCUT2D eigenvalue weighted by Gasteiger charge is -2.43. The molecular formula is C13H25NO9. The number of nitrogens with one attached hydrogen (secondary N) is 1. The molecule has 10 nitrogen and oxygen atoms in total. The molecule has 0 amide bonds. The molecule has 10 heteroatoms. The number of hydrogen-bond acceptors (Lipinski definition) is 10. The number of ether oxygens (including phenoxy) is 2. The predicted octanol–water partition coefficient (Wildman–Crippen LogP) is -4.75. The zero-order chi connectivity index (χ0) is 17.3. The Labute approximate surface area is 132 Å². The van der Waals surface area contributed by atoms with Gasteiger partial charge in [-0.3, -0.25) is 0 Å². The van der Waals surface area contributed by atoms with E-state index >= 15 is 0 Å². The molecule has 2 fully saturated rings. The van der Waals surface area contributed by atoms with Crippen molar-refractivity contribution in [2.75, 3.05) is 13.2 Å². The van der Waals surface area contributed by atoms with E-state index in [0.29, 0.717) is 0 Å². The molecule has 0 aromatic rings. The lowest BCUT2D eigenvalue weighted by molar-refractivity contribution is -0.296. The molecule has 8 N–H and O–H groups in total. The highest BCUT2D eigenvalue weighted by Gasteiger charge is 2.45. The summed E-state index contributed by atoms with van der Waals surface area (Å²) in [5.74, 6) is 0. The zero-order valence-corrected chi connectivity index (χ0v) is 12.6. The Hall–Kier alpha value is -0.400. The van der Waals surface area contributed by atoms with E-state index in [0.717, 1.165) is 0 Å². The Morgan fingerprint density at radius 2 is 1.39 bits per heavy atom. The third-order valence-electron chi connectivity index (χ3n) is 4.40. The van der Waals surface area contributed by atoms with Crippen LogP contribution < -0.4 is 5.32 Å². The fraction of sp³-hybridized carbons (Fsp3) is 1.00. The standard InChI is InChI=1S/C13H25NO9/c1-4-7(16)10(19)12(21)13(23-4)22-3-6-9(18)11(20)8(17)5(2-15)14-6/h4-21H,2-3H2,1H3/t4-,5-,6-,7+,8-,9+,10+,11+,12-,13-/m1/s1. The maximum atomic E-state index is 9.94. The van der Waals surface area contributed by atoms with Gasteiger partial charge in [0.25, 0.3) is 0 Å². The molecule has 0 unspecified atom stereocenters. The smallest absolute Gasteiger partial charge is 0.186 e. The molecule has 0 spiro atoms. The largest absolute Gasteiger partial charge is 0.395 e. The third-order valence-corrected chi connectivity index (χ3v) is 4.40. The molecule has 2 aliphatic heterocycles.